The molecule has 0 saturated heterocycles. The molecular formula is C46H73ClO7. The zero-order valence-electron chi connectivity index (χ0n) is 33.7. The highest BCUT2D eigenvalue weighted by molar-refractivity contribution is 6.21. The molecule has 0 aromatic heterocycles. The van der Waals surface area contributed by atoms with Crippen LogP contribution in [0.5, 0.6) is 5.75 Å². The number of hydrogen-bond donors (Lipinski definition) is 3. The van der Waals surface area contributed by atoms with Gasteiger partial charge in [-0.2, -0.15) is 0 Å². The van der Waals surface area contributed by atoms with E-state index in [1.807, 2.05) is 12.1 Å². The number of rotatable bonds is 30. The van der Waals surface area contributed by atoms with Gasteiger partial charge in [0.05, 0.1) is 25.4 Å². The molecule has 54 heavy (non-hydrogen) atoms. The van der Waals surface area contributed by atoms with E-state index in [1.165, 1.54) is 77.0 Å². The monoisotopic (exact) mass is 773 g/mol. The van der Waals surface area contributed by atoms with Gasteiger partial charge in [-0.05, 0) is 80.8 Å². The topological polar surface area (TPSA) is 113 Å². The summed E-state index contributed by atoms with van der Waals surface area (Å²) < 4.78 is 11.5. The van der Waals surface area contributed by atoms with Crippen LogP contribution in [0, 0.1) is 17.3 Å². The number of carboxylic acid groups (broad SMARTS) is 1. The van der Waals surface area contributed by atoms with E-state index in [-0.39, 0.29) is 46.9 Å². The number of halogens is 1. The Kier molecular flexibility index (Phi) is 22.6. The number of para-hydroxylation sites is 1. The zero-order valence-corrected chi connectivity index (χ0v) is 34.4. The number of benzene rings is 1. The van der Waals surface area contributed by atoms with Gasteiger partial charge in [-0.3, -0.25) is 4.79 Å². The van der Waals surface area contributed by atoms with Crippen molar-refractivity contribution in [2.45, 2.75) is 186 Å². The molecule has 0 heterocycles. The number of alkyl halides is 1. The lowest BCUT2D eigenvalue weighted by Gasteiger charge is -2.45. The van der Waals surface area contributed by atoms with Gasteiger partial charge in [-0.15, -0.1) is 11.6 Å². The van der Waals surface area contributed by atoms with Gasteiger partial charge in [0, 0.05) is 24.1 Å². The largest absolute Gasteiger partial charge is 0.492 e. The van der Waals surface area contributed by atoms with E-state index in [1.54, 1.807) is 12.1 Å². The summed E-state index contributed by atoms with van der Waals surface area (Å²) in [5.74, 6) is -0.814. The molecule has 1 aromatic carbocycles. The molecule has 7 nitrogen and oxygen atoms in total. The summed E-state index contributed by atoms with van der Waals surface area (Å²) in [6.07, 6.45) is 32.3. The standard InChI is InChI=1S/C46H73ClO7/c1-3-5-6-7-8-9-10-11-12-13-14-17-20-33-54-44-36(24-21-27-39(44)45(51)52)30-34-53-43(50)29-19-16-15-18-25-37-38(41(48)35-40(37)47)26-22-28-42(49)46(4-2)31-23-32-46/h15,18,21-22,24,26-27,37-38,40-42,48-49H,3-14,16-17,19-20,23,25,28-35H2,1-2H3,(H,51,52)/t37-,38-,40-,41-,42+/m1/s1. The molecule has 0 amide bonds. The maximum atomic E-state index is 12.5. The Bertz CT molecular complexity index is 1250. The molecule has 0 bridgehead atoms. The van der Waals surface area contributed by atoms with E-state index >= 15 is 0 Å². The van der Waals surface area contributed by atoms with Crippen LogP contribution in [0.3, 0.4) is 0 Å². The molecule has 0 aliphatic heterocycles. The van der Waals surface area contributed by atoms with Crippen molar-refractivity contribution < 1.29 is 34.4 Å². The van der Waals surface area contributed by atoms with Crippen molar-refractivity contribution in [2.75, 3.05) is 13.2 Å². The second-order valence-electron chi connectivity index (χ2n) is 16.1. The Balaban J connectivity index is 1.30. The zero-order chi connectivity index (χ0) is 39.0. The van der Waals surface area contributed by atoms with E-state index in [0.29, 0.717) is 44.5 Å². The number of aliphatic hydroxyl groups is 2. The molecule has 8 heteroatoms. The molecule has 5 atom stereocenters. The van der Waals surface area contributed by atoms with Gasteiger partial charge in [-0.25, -0.2) is 4.79 Å². The minimum atomic E-state index is -1.02. The lowest BCUT2D eigenvalue weighted by atomic mass is 9.63. The van der Waals surface area contributed by atoms with Crippen molar-refractivity contribution in [3.63, 3.8) is 0 Å². The average Bonchev–Trinajstić information content (AvgIpc) is 3.40. The number of carbonyl (C=O) groups excluding carboxylic acids is 1. The quantitative estimate of drug-likeness (QED) is 0.0309. The second kappa shape index (κ2) is 26.5. The average molecular weight is 774 g/mol. The Hall–Kier alpha value is -2.35. The SMILES string of the molecule is CCCCCCCCCCCCCCCOc1c(CCOC(=O)CCCC=CC[C@@H]2[C@@H](C=CC[C@H](O)C3(CC)CCC3)[C@H](O)C[C@H]2Cl)cccc1C(=O)O. The summed E-state index contributed by atoms with van der Waals surface area (Å²) in [6.45, 7) is 5.05. The van der Waals surface area contributed by atoms with Crippen LogP contribution in [0.4, 0.5) is 0 Å². The van der Waals surface area contributed by atoms with E-state index in [4.69, 9.17) is 21.1 Å². The molecule has 2 aliphatic carbocycles. The lowest BCUT2D eigenvalue weighted by molar-refractivity contribution is -0.143. The summed E-state index contributed by atoms with van der Waals surface area (Å²) in [5.41, 5.74) is 0.949. The first-order valence-corrected chi connectivity index (χ1v) is 22.1. The molecule has 0 unspecified atom stereocenters. The number of hydrogen-bond acceptors (Lipinski definition) is 6. The number of allylic oxidation sites excluding steroid dienone is 2. The van der Waals surface area contributed by atoms with E-state index in [2.05, 4.69) is 32.1 Å². The van der Waals surface area contributed by atoms with Crippen molar-refractivity contribution >= 4 is 23.5 Å². The Labute approximate surface area is 332 Å². The first-order valence-electron chi connectivity index (χ1n) is 21.7. The van der Waals surface area contributed by atoms with Gasteiger partial charge in [0.25, 0.3) is 0 Å². The molecule has 1 aromatic rings. The molecule has 2 fully saturated rings. The summed E-state index contributed by atoms with van der Waals surface area (Å²) in [5, 5.41) is 31.1. The van der Waals surface area contributed by atoms with Crippen molar-refractivity contribution in [3.8, 4) is 5.75 Å². The van der Waals surface area contributed by atoms with Gasteiger partial charge in [0.1, 0.15) is 11.3 Å². The number of carbonyl (C=O) groups is 2. The van der Waals surface area contributed by atoms with Gasteiger partial charge in [0.2, 0.25) is 0 Å². The summed E-state index contributed by atoms with van der Waals surface area (Å²) in [4.78, 5) is 24.4. The van der Waals surface area contributed by atoms with Gasteiger partial charge >= 0.3 is 11.9 Å². The van der Waals surface area contributed by atoms with E-state index in [9.17, 15) is 24.9 Å². The minimum absolute atomic E-state index is 0.0281. The van der Waals surface area contributed by atoms with Crippen molar-refractivity contribution in [3.05, 3.63) is 53.6 Å². The third-order valence-electron chi connectivity index (χ3n) is 12.1. The number of aliphatic hydroxyl groups excluding tert-OH is 2. The molecular weight excluding hydrogens is 700 g/mol. The number of ether oxygens (including phenoxy) is 2. The highest BCUT2D eigenvalue weighted by Gasteiger charge is 2.42. The molecule has 0 radical (unpaired) electrons. The number of carboxylic acids is 1. The highest BCUT2D eigenvalue weighted by atomic mass is 35.5. The molecule has 2 saturated carbocycles. The summed E-state index contributed by atoms with van der Waals surface area (Å²) in [7, 11) is 0. The van der Waals surface area contributed by atoms with Gasteiger partial charge in [-0.1, -0.05) is 134 Å². The Morgan fingerprint density at radius 2 is 1.57 bits per heavy atom. The predicted molar refractivity (Wildman–Crippen MR) is 220 cm³/mol. The van der Waals surface area contributed by atoms with Crippen LogP contribution in [0.15, 0.2) is 42.5 Å². The summed E-state index contributed by atoms with van der Waals surface area (Å²) in [6, 6.07) is 5.12. The fourth-order valence-electron chi connectivity index (χ4n) is 8.33. The third-order valence-corrected chi connectivity index (χ3v) is 12.6. The third kappa shape index (κ3) is 16.0. The fourth-order valence-corrected chi connectivity index (χ4v) is 8.78. The van der Waals surface area contributed by atoms with Crippen LogP contribution in [0.25, 0.3) is 0 Å². The smallest absolute Gasteiger partial charge is 0.339 e. The highest BCUT2D eigenvalue weighted by Crippen LogP contribution is 2.48. The van der Waals surface area contributed by atoms with Crippen molar-refractivity contribution in [1.82, 2.24) is 0 Å². The number of esters is 1. The Morgan fingerprint density at radius 1 is 0.907 bits per heavy atom. The van der Waals surface area contributed by atoms with Crippen LogP contribution < -0.4 is 4.74 Å². The number of aromatic carboxylic acids is 1. The van der Waals surface area contributed by atoms with Crippen LogP contribution in [0.2, 0.25) is 0 Å². The maximum Gasteiger partial charge on any atom is 0.339 e. The van der Waals surface area contributed by atoms with Crippen LogP contribution in [-0.2, 0) is 16.0 Å². The van der Waals surface area contributed by atoms with Gasteiger partial charge < -0.3 is 24.8 Å². The minimum Gasteiger partial charge on any atom is -0.492 e. The Morgan fingerprint density at radius 3 is 2.19 bits per heavy atom. The predicted octanol–water partition coefficient (Wildman–Crippen LogP) is 11.5. The second-order valence-corrected chi connectivity index (χ2v) is 16.6. The first kappa shape index (κ1) is 46.0. The van der Waals surface area contributed by atoms with Crippen LogP contribution in [0.1, 0.15) is 177 Å². The maximum absolute atomic E-state index is 12.5. The van der Waals surface area contributed by atoms with E-state index < -0.39 is 12.1 Å². The van der Waals surface area contributed by atoms with Crippen LogP contribution >= 0.6 is 11.6 Å². The number of unbranched alkanes of at least 4 members (excludes halogenated alkanes) is 13. The first-order chi connectivity index (χ1) is 26.2. The molecule has 0 spiro atoms. The van der Waals surface area contributed by atoms with Crippen LogP contribution in [-0.4, -0.2) is 58.1 Å². The fraction of sp³-hybridized carbons (Fsp3) is 0.739. The van der Waals surface area contributed by atoms with Crippen molar-refractivity contribution in [1.29, 1.82) is 0 Å². The normalized spacial score (nSPS) is 21.4. The van der Waals surface area contributed by atoms with E-state index in [0.717, 1.165) is 50.5 Å². The van der Waals surface area contributed by atoms with Crippen molar-refractivity contribution in [2.24, 2.45) is 17.3 Å². The molecule has 3 N–H and O–H groups in total. The molecule has 2 aliphatic rings. The lowest BCUT2D eigenvalue weighted by Crippen LogP contribution is -2.40. The molecule has 306 valence electrons. The summed E-state index contributed by atoms with van der Waals surface area (Å²) >= 11 is 6.65. The van der Waals surface area contributed by atoms with Gasteiger partial charge in [0.15, 0.2) is 0 Å². The molecule has 3 rings (SSSR count).